The summed E-state index contributed by atoms with van der Waals surface area (Å²) in [4.78, 5) is 2.47. The van der Waals surface area contributed by atoms with Crippen LogP contribution in [0.4, 0.5) is 10.1 Å². The van der Waals surface area contributed by atoms with Crippen LogP contribution in [0.5, 0.6) is 0 Å². The summed E-state index contributed by atoms with van der Waals surface area (Å²) in [5.41, 5.74) is 8.02. The van der Waals surface area contributed by atoms with E-state index in [4.69, 9.17) is 5.53 Å². The average Bonchev–Trinajstić information content (AvgIpc) is 1.95. The maximum absolute atomic E-state index is 12.8. The predicted molar refractivity (Wildman–Crippen MR) is 36.4 cm³/mol. The molecule has 0 aromatic carbocycles. The molecule has 0 spiro atoms. The summed E-state index contributed by atoms with van der Waals surface area (Å²) in [6, 6.07) is 1.41. The van der Waals surface area contributed by atoms with Crippen LogP contribution in [0.2, 0.25) is 0 Å². The third-order valence-corrected chi connectivity index (χ3v) is 1.18. The van der Waals surface area contributed by atoms with Crippen molar-refractivity contribution in [3.8, 4) is 0 Å². The van der Waals surface area contributed by atoms with Crippen LogP contribution in [-0.4, -0.2) is 0 Å². The SMILES string of the molecule is C[n+]1ccc(N=[N+]=[N-])c(F)c1. The number of hydrogen-bond donors (Lipinski definition) is 0. The van der Waals surface area contributed by atoms with Crippen molar-refractivity contribution >= 4 is 5.69 Å². The molecule has 0 radical (unpaired) electrons. The maximum Gasteiger partial charge on any atom is 0.205 e. The van der Waals surface area contributed by atoms with Crippen molar-refractivity contribution in [2.75, 3.05) is 0 Å². The van der Waals surface area contributed by atoms with Crippen molar-refractivity contribution in [2.24, 2.45) is 12.2 Å². The van der Waals surface area contributed by atoms with Crippen LogP contribution in [0, 0.1) is 5.82 Å². The fourth-order valence-electron chi connectivity index (χ4n) is 0.685. The molecule has 0 bridgehead atoms. The van der Waals surface area contributed by atoms with E-state index in [1.807, 2.05) is 0 Å². The molecule has 1 heterocycles. The Kier molecular flexibility index (Phi) is 2.03. The number of hydrogen-bond acceptors (Lipinski definition) is 1. The molecule has 0 aliphatic rings. The highest BCUT2D eigenvalue weighted by atomic mass is 19.1. The largest absolute Gasteiger partial charge is 0.205 e. The fourth-order valence-corrected chi connectivity index (χ4v) is 0.685. The van der Waals surface area contributed by atoms with Gasteiger partial charge in [0.15, 0.2) is 12.0 Å². The van der Waals surface area contributed by atoms with Crippen LogP contribution in [0.1, 0.15) is 0 Å². The molecule has 0 saturated heterocycles. The quantitative estimate of drug-likeness (QED) is 0.254. The molecule has 0 N–H and O–H groups in total. The van der Waals surface area contributed by atoms with Gasteiger partial charge < -0.3 is 0 Å². The van der Waals surface area contributed by atoms with Crippen molar-refractivity contribution in [3.05, 3.63) is 34.7 Å². The normalized spacial score (nSPS) is 8.91. The third kappa shape index (κ3) is 1.65. The number of rotatable bonds is 1. The molecule has 1 aromatic heterocycles. The number of aryl methyl sites for hydroxylation is 1. The Balaban J connectivity index is 3.19. The van der Waals surface area contributed by atoms with Gasteiger partial charge in [-0.25, -0.2) is 4.57 Å². The predicted octanol–water partition coefficient (Wildman–Crippen LogP) is 1.59. The van der Waals surface area contributed by atoms with E-state index in [1.54, 1.807) is 13.2 Å². The Morgan fingerprint density at radius 2 is 2.45 bits per heavy atom. The van der Waals surface area contributed by atoms with E-state index in [9.17, 15) is 4.39 Å². The van der Waals surface area contributed by atoms with Crippen LogP contribution < -0.4 is 4.57 Å². The third-order valence-electron chi connectivity index (χ3n) is 1.18. The second-order valence-corrected chi connectivity index (χ2v) is 2.03. The average molecular weight is 153 g/mol. The van der Waals surface area contributed by atoms with Crippen molar-refractivity contribution in [2.45, 2.75) is 0 Å². The fraction of sp³-hybridized carbons (Fsp3) is 0.167. The summed E-state index contributed by atoms with van der Waals surface area (Å²) >= 11 is 0. The molecule has 1 aromatic rings. The van der Waals surface area contributed by atoms with Gasteiger partial charge in [0.25, 0.3) is 0 Å². The van der Waals surface area contributed by atoms with Gasteiger partial charge in [-0.1, -0.05) is 5.11 Å². The molecule has 1 rings (SSSR count). The zero-order valence-corrected chi connectivity index (χ0v) is 5.90. The number of azide groups is 1. The molecule has 11 heavy (non-hydrogen) atoms. The van der Waals surface area contributed by atoms with Crippen LogP contribution in [0.25, 0.3) is 10.4 Å². The van der Waals surface area contributed by atoms with Crippen molar-refractivity contribution < 1.29 is 8.96 Å². The molecule has 5 heteroatoms. The van der Waals surface area contributed by atoms with Crippen LogP contribution >= 0.6 is 0 Å². The van der Waals surface area contributed by atoms with Gasteiger partial charge in [0, 0.05) is 11.0 Å². The molecule has 0 aliphatic carbocycles. The highest BCUT2D eigenvalue weighted by Crippen LogP contribution is 2.13. The van der Waals surface area contributed by atoms with Crippen molar-refractivity contribution in [1.29, 1.82) is 0 Å². The molecule has 0 unspecified atom stereocenters. The van der Waals surface area contributed by atoms with E-state index >= 15 is 0 Å². The molecule has 0 aliphatic heterocycles. The Morgan fingerprint density at radius 3 is 3.00 bits per heavy atom. The van der Waals surface area contributed by atoms with E-state index in [-0.39, 0.29) is 5.69 Å². The second-order valence-electron chi connectivity index (χ2n) is 2.03. The monoisotopic (exact) mass is 153 g/mol. The first-order valence-electron chi connectivity index (χ1n) is 2.94. The molecular weight excluding hydrogens is 147 g/mol. The summed E-state index contributed by atoms with van der Waals surface area (Å²) in [7, 11) is 1.68. The number of halogens is 1. The van der Waals surface area contributed by atoms with Gasteiger partial charge in [-0.05, 0) is 5.53 Å². The van der Waals surface area contributed by atoms with E-state index in [1.165, 1.54) is 16.8 Å². The highest BCUT2D eigenvalue weighted by molar-refractivity contribution is 5.33. The Bertz CT molecular complexity index is 316. The summed E-state index contributed by atoms with van der Waals surface area (Å²) in [5, 5.41) is 3.14. The van der Waals surface area contributed by atoms with E-state index in [2.05, 4.69) is 10.0 Å². The second kappa shape index (κ2) is 2.98. The summed E-state index contributed by atoms with van der Waals surface area (Å²) in [6.07, 6.45) is 2.84. The van der Waals surface area contributed by atoms with Gasteiger partial charge in [0.1, 0.15) is 7.05 Å². The minimum Gasteiger partial charge on any atom is -0.205 e. The van der Waals surface area contributed by atoms with E-state index in [0.717, 1.165) is 0 Å². The lowest BCUT2D eigenvalue weighted by Crippen LogP contribution is -2.26. The van der Waals surface area contributed by atoms with Gasteiger partial charge in [0.05, 0.1) is 5.69 Å². The molecule has 0 saturated carbocycles. The number of nitrogens with zero attached hydrogens (tertiary/aromatic N) is 4. The lowest BCUT2D eigenvalue weighted by molar-refractivity contribution is -0.672. The zero-order chi connectivity index (χ0) is 8.27. The molecule has 56 valence electrons. The minimum absolute atomic E-state index is 0.0191. The number of pyridine rings is 1. The minimum atomic E-state index is -0.521. The molecular formula is C6H6FN4+. The molecule has 0 amide bonds. The first-order valence-corrected chi connectivity index (χ1v) is 2.94. The lowest BCUT2D eigenvalue weighted by Gasteiger charge is -1.90. The molecule has 0 atom stereocenters. The van der Waals surface area contributed by atoms with Crippen LogP contribution in [-0.2, 0) is 7.05 Å². The van der Waals surface area contributed by atoms with Crippen LogP contribution in [0.15, 0.2) is 23.6 Å². The smallest absolute Gasteiger partial charge is 0.205 e. The summed E-state index contributed by atoms with van der Waals surface area (Å²) < 4.78 is 14.3. The molecule has 4 nitrogen and oxygen atoms in total. The van der Waals surface area contributed by atoms with Gasteiger partial charge in [-0.2, -0.15) is 4.39 Å². The molecule has 0 fully saturated rings. The maximum atomic E-state index is 12.8. The van der Waals surface area contributed by atoms with E-state index < -0.39 is 5.82 Å². The Morgan fingerprint density at radius 1 is 1.73 bits per heavy atom. The summed E-state index contributed by atoms with van der Waals surface area (Å²) in [6.45, 7) is 0. The van der Waals surface area contributed by atoms with Crippen molar-refractivity contribution in [3.63, 3.8) is 0 Å². The Labute approximate surface area is 62.5 Å². The number of aromatic nitrogens is 1. The van der Waals surface area contributed by atoms with Gasteiger partial charge in [0.2, 0.25) is 6.20 Å². The van der Waals surface area contributed by atoms with Crippen molar-refractivity contribution in [1.82, 2.24) is 0 Å². The van der Waals surface area contributed by atoms with Gasteiger partial charge in [-0.3, -0.25) is 0 Å². The highest BCUT2D eigenvalue weighted by Gasteiger charge is 2.02. The summed E-state index contributed by atoms with van der Waals surface area (Å²) in [5.74, 6) is -0.521. The zero-order valence-electron chi connectivity index (χ0n) is 5.90. The topological polar surface area (TPSA) is 52.6 Å². The standard InChI is InChI=1S/C6H6FN4/c1-11-3-2-6(9-10-8)5(7)4-11/h2-4H,1H3/q+1. The lowest BCUT2D eigenvalue weighted by atomic mass is 10.4. The first kappa shape index (κ1) is 7.50. The Hall–Kier alpha value is -1.61. The first-order chi connectivity index (χ1) is 5.24. The van der Waals surface area contributed by atoms with E-state index in [0.29, 0.717) is 0 Å². The van der Waals surface area contributed by atoms with Crippen LogP contribution in [0.3, 0.4) is 0 Å². The van der Waals surface area contributed by atoms with Gasteiger partial charge >= 0.3 is 0 Å². The van der Waals surface area contributed by atoms with Gasteiger partial charge in [-0.15, -0.1) is 0 Å².